The third-order valence-electron chi connectivity index (χ3n) is 1.82. The minimum Gasteiger partial charge on any atom is -0.466 e. The Bertz CT molecular complexity index is 179. The van der Waals surface area contributed by atoms with Gasteiger partial charge in [-0.05, 0) is 19.8 Å². The molecule has 2 N–H and O–H groups in total. The van der Waals surface area contributed by atoms with E-state index in [2.05, 4.69) is 6.58 Å². The third-order valence-corrected chi connectivity index (χ3v) is 1.82. The van der Waals surface area contributed by atoms with Crippen molar-refractivity contribution in [3.05, 3.63) is 12.7 Å². The molecular formula is C10H18O4. The van der Waals surface area contributed by atoms with E-state index in [-0.39, 0.29) is 12.4 Å². The van der Waals surface area contributed by atoms with Gasteiger partial charge >= 0.3 is 5.97 Å². The predicted molar refractivity (Wildman–Crippen MR) is 52.7 cm³/mol. The van der Waals surface area contributed by atoms with Gasteiger partial charge in [-0.15, -0.1) is 6.58 Å². The van der Waals surface area contributed by atoms with E-state index in [0.717, 1.165) is 0 Å². The van der Waals surface area contributed by atoms with Crippen LogP contribution in [0.25, 0.3) is 0 Å². The molecule has 0 aromatic carbocycles. The molecule has 0 aromatic heterocycles. The lowest BCUT2D eigenvalue weighted by Gasteiger charge is -2.13. The fraction of sp³-hybridized carbons (Fsp3) is 0.700. The highest BCUT2D eigenvalue weighted by Gasteiger charge is 2.12. The van der Waals surface area contributed by atoms with Gasteiger partial charge in [0.1, 0.15) is 0 Å². The second-order valence-electron chi connectivity index (χ2n) is 2.99. The first-order valence-electron chi connectivity index (χ1n) is 4.76. The molecular weight excluding hydrogens is 184 g/mol. The first-order valence-corrected chi connectivity index (χ1v) is 4.76. The van der Waals surface area contributed by atoms with Gasteiger partial charge < -0.3 is 14.9 Å². The molecule has 0 saturated carbocycles. The van der Waals surface area contributed by atoms with Crippen molar-refractivity contribution in [3.8, 4) is 0 Å². The average Bonchev–Trinajstić information content (AvgIpc) is 2.16. The van der Waals surface area contributed by atoms with Crippen LogP contribution in [0.1, 0.15) is 26.2 Å². The maximum atomic E-state index is 10.9. The van der Waals surface area contributed by atoms with E-state index < -0.39 is 12.2 Å². The zero-order valence-corrected chi connectivity index (χ0v) is 8.48. The molecule has 0 aliphatic heterocycles. The highest BCUT2D eigenvalue weighted by molar-refractivity contribution is 5.69. The van der Waals surface area contributed by atoms with Crippen molar-refractivity contribution in [1.29, 1.82) is 0 Å². The summed E-state index contributed by atoms with van der Waals surface area (Å²) in [4.78, 5) is 10.9. The smallest absolute Gasteiger partial charge is 0.305 e. The minimum absolute atomic E-state index is 0.271. The van der Waals surface area contributed by atoms with Crippen LogP contribution in [-0.2, 0) is 9.53 Å². The van der Waals surface area contributed by atoms with Crippen LogP contribution >= 0.6 is 0 Å². The monoisotopic (exact) mass is 202 g/mol. The summed E-state index contributed by atoms with van der Waals surface area (Å²) in [6.07, 6.45) is 0.653. The summed E-state index contributed by atoms with van der Waals surface area (Å²) in [5.41, 5.74) is 0. The van der Waals surface area contributed by atoms with Crippen molar-refractivity contribution in [2.45, 2.75) is 38.4 Å². The van der Waals surface area contributed by atoms with Gasteiger partial charge in [-0.1, -0.05) is 6.08 Å². The summed E-state index contributed by atoms with van der Waals surface area (Å²) in [6, 6.07) is 0. The molecule has 0 aliphatic carbocycles. The molecule has 0 aromatic rings. The molecule has 0 rings (SSSR count). The molecule has 4 heteroatoms. The molecule has 2 atom stereocenters. The number of hydrogen-bond donors (Lipinski definition) is 2. The van der Waals surface area contributed by atoms with Crippen LogP contribution in [0.3, 0.4) is 0 Å². The van der Waals surface area contributed by atoms with E-state index in [1.165, 1.54) is 6.08 Å². The molecule has 0 bridgehead atoms. The standard InChI is InChI=1S/C10H18O4/c1-3-8(11)9(12)6-5-7-10(13)14-4-2/h3,8-9,11-12H,1,4-7H2,2H3. The zero-order valence-electron chi connectivity index (χ0n) is 8.48. The van der Waals surface area contributed by atoms with Crippen LogP contribution in [0.2, 0.25) is 0 Å². The number of carbonyl (C=O) groups excluding carboxylic acids is 1. The van der Waals surface area contributed by atoms with Crippen LogP contribution in [0.5, 0.6) is 0 Å². The molecule has 0 spiro atoms. The first kappa shape index (κ1) is 13.1. The highest BCUT2D eigenvalue weighted by atomic mass is 16.5. The SMILES string of the molecule is C=CC(O)C(O)CCCC(=O)OCC. The van der Waals surface area contributed by atoms with Crippen LogP contribution in [0, 0.1) is 0 Å². The quantitative estimate of drug-likeness (QED) is 0.469. The van der Waals surface area contributed by atoms with Crippen LogP contribution in [0.15, 0.2) is 12.7 Å². The second-order valence-corrected chi connectivity index (χ2v) is 2.99. The van der Waals surface area contributed by atoms with Crippen molar-refractivity contribution in [1.82, 2.24) is 0 Å². The lowest BCUT2D eigenvalue weighted by Crippen LogP contribution is -2.23. The lowest BCUT2D eigenvalue weighted by atomic mass is 10.1. The largest absolute Gasteiger partial charge is 0.466 e. The molecule has 0 radical (unpaired) electrons. The minimum atomic E-state index is -0.919. The van der Waals surface area contributed by atoms with E-state index in [1.54, 1.807) is 6.92 Å². The molecule has 0 fully saturated rings. The van der Waals surface area contributed by atoms with Crippen molar-refractivity contribution < 1.29 is 19.7 Å². The van der Waals surface area contributed by atoms with Gasteiger partial charge in [0.2, 0.25) is 0 Å². The van der Waals surface area contributed by atoms with Crippen molar-refractivity contribution in [3.63, 3.8) is 0 Å². The van der Waals surface area contributed by atoms with E-state index in [4.69, 9.17) is 9.84 Å². The Morgan fingerprint density at radius 2 is 2.21 bits per heavy atom. The Hall–Kier alpha value is -0.870. The maximum absolute atomic E-state index is 10.9. The maximum Gasteiger partial charge on any atom is 0.305 e. The first-order chi connectivity index (χ1) is 6.61. The number of aliphatic hydroxyl groups excluding tert-OH is 2. The number of hydrogen-bond acceptors (Lipinski definition) is 4. The van der Waals surface area contributed by atoms with Crippen LogP contribution < -0.4 is 0 Å². The molecule has 0 aliphatic rings. The molecule has 2 unspecified atom stereocenters. The summed E-state index contributed by atoms with van der Waals surface area (Å²) in [5.74, 6) is -0.271. The fourth-order valence-electron chi connectivity index (χ4n) is 1.02. The van der Waals surface area contributed by atoms with E-state index >= 15 is 0 Å². The van der Waals surface area contributed by atoms with E-state index in [9.17, 15) is 9.90 Å². The van der Waals surface area contributed by atoms with Gasteiger partial charge in [-0.25, -0.2) is 0 Å². The zero-order chi connectivity index (χ0) is 11.0. The highest BCUT2D eigenvalue weighted by Crippen LogP contribution is 2.06. The summed E-state index contributed by atoms with van der Waals surface area (Å²) < 4.78 is 4.71. The molecule has 4 nitrogen and oxygen atoms in total. The van der Waals surface area contributed by atoms with Crippen molar-refractivity contribution in [2.24, 2.45) is 0 Å². The average molecular weight is 202 g/mol. The summed E-state index contributed by atoms with van der Waals surface area (Å²) in [5, 5.41) is 18.4. The van der Waals surface area contributed by atoms with Crippen LogP contribution in [0.4, 0.5) is 0 Å². The summed E-state index contributed by atoms with van der Waals surface area (Å²) >= 11 is 0. The Labute approximate surface area is 84.2 Å². The summed E-state index contributed by atoms with van der Waals surface area (Å²) in [6.45, 7) is 5.47. The van der Waals surface area contributed by atoms with E-state index in [1.807, 2.05) is 0 Å². The Balaban J connectivity index is 3.53. The lowest BCUT2D eigenvalue weighted by molar-refractivity contribution is -0.143. The molecule has 82 valence electrons. The number of rotatable bonds is 7. The fourth-order valence-corrected chi connectivity index (χ4v) is 1.02. The number of carbonyl (C=O) groups is 1. The Kier molecular flexibility index (Phi) is 7.06. The van der Waals surface area contributed by atoms with Gasteiger partial charge in [0, 0.05) is 6.42 Å². The predicted octanol–water partition coefficient (Wildman–Crippen LogP) is 0.628. The number of ether oxygens (including phenoxy) is 1. The van der Waals surface area contributed by atoms with Gasteiger partial charge in [-0.2, -0.15) is 0 Å². The van der Waals surface area contributed by atoms with Gasteiger partial charge in [0.25, 0.3) is 0 Å². The van der Waals surface area contributed by atoms with E-state index in [0.29, 0.717) is 19.4 Å². The van der Waals surface area contributed by atoms with Gasteiger partial charge in [-0.3, -0.25) is 4.79 Å². The second kappa shape index (κ2) is 7.53. The van der Waals surface area contributed by atoms with Crippen molar-refractivity contribution >= 4 is 5.97 Å². The summed E-state index contributed by atoms with van der Waals surface area (Å²) in [7, 11) is 0. The van der Waals surface area contributed by atoms with Gasteiger partial charge in [0.15, 0.2) is 0 Å². The third kappa shape index (κ3) is 5.72. The number of aliphatic hydroxyl groups is 2. The number of esters is 1. The van der Waals surface area contributed by atoms with Crippen LogP contribution in [-0.4, -0.2) is 35.0 Å². The molecule has 0 heterocycles. The Morgan fingerprint density at radius 3 is 2.71 bits per heavy atom. The van der Waals surface area contributed by atoms with Crippen molar-refractivity contribution in [2.75, 3.05) is 6.61 Å². The topological polar surface area (TPSA) is 66.8 Å². The normalized spacial score (nSPS) is 14.5. The van der Waals surface area contributed by atoms with Gasteiger partial charge in [0.05, 0.1) is 18.8 Å². The molecule has 0 amide bonds. The Morgan fingerprint density at radius 1 is 1.57 bits per heavy atom. The molecule has 0 saturated heterocycles. The molecule has 14 heavy (non-hydrogen) atoms.